The topological polar surface area (TPSA) is 40.5 Å². The fraction of sp³-hybridized carbons (Fsp3) is 0.500. The van der Waals surface area contributed by atoms with Crippen LogP contribution in [-0.2, 0) is 0 Å². The van der Waals surface area contributed by atoms with Gasteiger partial charge < -0.3 is 10.0 Å². The molecule has 1 fully saturated rings. The van der Waals surface area contributed by atoms with Crippen LogP contribution in [0, 0.1) is 10.7 Å². The van der Waals surface area contributed by atoms with Crippen LogP contribution < -0.4 is 0 Å². The summed E-state index contributed by atoms with van der Waals surface area (Å²) >= 11 is 6.70. The van der Waals surface area contributed by atoms with Crippen LogP contribution in [0.25, 0.3) is 0 Å². The van der Waals surface area contributed by atoms with Gasteiger partial charge in [-0.1, -0.05) is 12.8 Å². The first-order chi connectivity index (χ1) is 9.32. The molecule has 0 bridgehead atoms. The van der Waals surface area contributed by atoms with Crippen molar-refractivity contribution in [2.24, 2.45) is 0 Å². The third-order valence-electron chi connectivity index (χ3n) is 3.64. The fourth-order valence-corrected chi connectivity index (χ4v) is 5.01. The maximum atomic E-state index is 12.6. The molecule has 1 aromatic carbocycles. The first-order valence-electron chi connectivity index (χ1n) is 6.45. The average molecular weight is 611 g/mol. The molecule has 0 unspecified atom stereocenters. The lowest BCUT2D eigenvalue weighted by Crippen LogP contribution is -2.42. The van der Waals surface area contributed by atoms with Gasteiger partial charge in [-0.05, 0) is 92.7 Å². The van der Waals surface area contributed by atoms with Gasteiger partial charge in [0.05, 0.1) is 11.2 Å². The van der Waals surface area contributed by atoms with Crippen molar-refractivity contribution >= 4 is 73.7 Å². The molecule has 6 heteroatoms. The van der Waals surface area contributed by atoms with Crippen molar-refractivity contribution in [2.45, 2.75) is 31.3 Å². The van der Waals surface area contributed by atoms with Crippen molar-refractivity contribution < 1.29 is 9.90 Å². The zero-order valence-corrected chi connectivity index (χ0v) is 17.6. The second-order valence-corrected chi connectivity index (χ2v) is 8.83. The summed E-state index contributed by atoms with van der Waals surface area (Å²) in [5, 5.41) is 10.4. The van der Waals surface area contributed by atoms with E-state index in [2.05, 4.69) is 73.8 Å². The number of nitrogens with zero attached hydrogens (tertiary/aromatic N) is 1. The summed E-state index contributed by atoms with van der Waals surface area (Å²) in [6.07, 6.45) is 3.70. The van der Waals surface area contributed by atoms with Crippen molar-refractivity contribution in [1.82, 2.24) is 4.90 Å². The van der Waals surface area contributed by atoms with E-state index in [1.54, 1.807) is 11.9 Å². The largest absolute Gasteiger partial charge is 0.388 e. The number of hydrogen-bond donors (Lipinski definition) is 1. The fourth-order valence-electron chi connectivity index (χ4n) is 2.62. The molecule has 1 aliphatic carbocycles. The normalized spacial score (nSPS) is 17.2. The Balaban J connectivity index is 2.18. The average Bonchev–Trinajstić information content (AvgIpc) is 2.79. The lowest BCUT2D eigenvalue weighted by atomic mass is 10.0. The van der Waals surface area contributed by atoms with Crippen LogP contribution in [-0.4, -0.2) is 35.1 Å². The standard InChI is InChI=1S/C14H16I3NO2/c1-18(8-14(20)4-2-3-5-14)13(19)10-6-9(15)7-11(16)12(10)17/h6-7,20H,2-5,8H2,1H3. The van der Waals surface area contributed by atoms with E-state index in [0.29, 0.717) is 6.54 Å². The summed E-state index contributed by atoms with van der Waals surface area (Å²) in [6, 6.07) is 3.98. The third kappa shape index (κ3) is 3.97. The van der Waals surface area contributed by atoms with Gasteiger partial charge in [0.1, 0.15) is 0 Å². The van der Waals surface area contributed by atoms with Gasteiger partial charge in [-0.15, -0.1) is 0 Å². The predicted octanol–water partition coefficient (Wildman–Crippen LogP) is 3.88. The van der Waals surface area contributed by atoms with Gasteiger partial charge >= 0.3 is 0 Å². The quantitative estimate of drug-likeness (QED) is 0.417. The molecule has 0 spiro atoms. The maximum absolute atomic E-state index is 12.6. The molecule has 0 saturated heterocycles. The summed E-state index contributed by atoms with van der Waals surface area (Å²) in [5.74, 6) is -0.00819. The molecule has 1 aromatic rings. The minimum atomic E-state index is -0.690. The van der Waals surface area contributed by atoms with Gasteiger partial charge in [-0.25, -0.2) is 0 Å². The van der Waals surface area contributed by atoms with Gasteiger partial charge in [0, 0.05) is 24.3 Å². The summed E-state index contributed by atoms with van der Waals surface area (Å²) in [6.45, 7) is 0.421. The highest BCUT2D eigenvalue weighted by atomic mass is 127. The van der Waals surface area contributed by atoms with E-state index in [1.165, 1.54) is 0 Å². The molecular weight excluding hydrogens is 595 g/mol. The van der Waals surface area contributed by atoms with E-state index in [9.17, 15) is 9.90 Å². The molecule has 0 atom stereocenters. The molecule has 0 heterocycles. The molecule has 0 aromatic heterocycles. The number of carbonyl (C=O) groups excluding carboxylic acids is 1. The van der Waals surface area contributed by atoms with Gasteiger partial charge in [0.15, 0.2) is 0 Å². The molecule has 1 amide bonds. The number of rotatable bonds is 3. The Bertz CT molecular complexity index is 527. The minimum Gasteiger partial charge on any atom is -0.388 e. The van der Waals surface area contributed by atoms with E-state index in [4.69, 9.17) is 0 Å². The molecular formula is C14H16I3NO2. The van der Waals surface area contributed by atoms with E-state index in [0.717, 1.165) is 42.0 Å². The van der Waals surface area contributed by atoms with Gasteiger partial charge in [-0.3, -0.25) is 4.79 Å². The summed E-state index contributed by atoms with van der Waals surface area (Å²) < 4.78 is 3.13. The Morgan fingerprint density at radius 2 is 1.90 bits per heavy atom. The smallest absolute Gasteiger partial charge is 0.254 e. The highest BCUT2D eigenvalue weighted by Gasteiger charge is 2.34. The van der Waals surface area contributed by atoms with E-state index in [-0.39, 0.29) is 5.91 Å². The maximum Gasteiger partial charge on any atom is 0.254 e. The Kier molecular flexibility index (Phi) is 5.97. The van der Waals surface area contributed by atoms with E-state index < -0.39 is 5.60 Å². The number of benzene rings is 1. The highest BCUT2D eigenvalue weighted by molar-refractivity contribution is 14.1. The van der Waals surface area contributed by atoms with Crippen molar-refractivity contribution in [1.29, 1.82) is 0 Å². The number of aliphatic hydroxyl groups is 1. The van der Waals surface area contributed by atoms with Crippen molar-refractivity contribution in [3.8, 4) is 0 Å². The molecule has 3 nitrogen and oxygen atoms in total. The van der Waals surface area contributed by atoms with E-state index in [1.807, 2.05) is 6.07 Å². The Hall–Kier alpha value is 0.840. The van der Waals surface area contributed by atoms with Crippen LogP contribution in [0.5, 0.6) is 0 Å². The number of amides is 1. The Morgan fingerprint density at radius 3 is 2.50 bits per heavy atom. The zero-order valence-electron chi connectivity index (χ0n) is 11.1. The summed E-state index contributed by atoms with van der Waals surface area (Å²) in [4.78, 5) is 14.3. The SMILES string of the molecule is CN(CC1(O)CCCC1)C(=O)c1cc(I)cc(I)c1I. The molecule has 110 valence electrons. The van der Waals surface area contributed by atoms with Crippen LogP contribution in [0.1, 0.15) is 36.0 Å². The Labute approximate surface area is 160 Å². The number of carbonyl (C=O) groups is 1. The zero-order chi connectivity index (χ0) is 14.9. The van der Waals surface area contributed by atoms with Gasteiger partial charge in [0.2, 0.25) is 0 Å². The number of halogens is 3. The molecule has 1 saturated carbocycles. The lowest BCUT2D eigenvalue weighted by Gasteiger charge is -2.29. The van der Waals surface area contributed by atoms with Crippen LogP contribution in [0.2, 0.25) is 0 Å². The van der Waals surface area contributed by atoms with Crippen molar-refractivity contribution in [3.05, 3.63) is 28.4 Å². The van der Waals surface area contributed by atoms with Gasteiger partial charge in [-0.2, -0.15) is 0 Å². The number of hydrogen-bond acceptors (Lipinski definition) is 2. The van der Waals surface area contributed by atoms with Crippen LogP contribution in [0.15, 0.2) is 12.1 Å². The molecule has 0 aliphatic heterocycles. The second-order valence-electron chi connectivity index (χ2n) is 5.34. The molecule has 1 N–H and O–H groups in total. The highest BCUT2D eigenvalue weighted by Crippen LogP contribution is 2.31. The Morgan fingerprint density at radius 1 is 1.30 bits per heavy atom. The van der Waals surface area contributed by atoms with Crippen LogP contribution >= 0.6 is 67.8 Å². The monoisotopic (exact) mass is 611 g/mol. The van der Waals surface area contributed by atoms with Crippen LogP contribution in [0.3, 0.4) is 0 Å². The lowest BCUT2D eigenvalue weighted by molar-refractivity contribution is 0.0156. The minimum absolute atomic E-state index is 0.00819. The van der Waals surface area contributed by atoms with Crippen molar-refractivity contribution in [2.75, 3.05) is 13.6 Å². The third-order valence-corrected chi connectivity index (χ3v) is 7.30. The summed E-state index contributed by atoms with van der Waals surface area (Å²) in [5.41, 5.74) is 0.0382. The molecule has 1 aliphatic rings. The predicted molar refractivity (Wildman–Crippen MR) is 105 cm³/mol. The summed E-state index contributed by atoms with van der Waals surface area (Å²) in [7, 11) is 1.78. The molecule has 20 heavy (non-hydrogen) atoms. The van der Waals surface area contributed by atoms with E-state index >= 15 is 0 Å². The second kappa shape index (κ2) is 6.95. The van der Waals surface area contributed by atoms with Crippen LogP contribution in [0.4, 0.5) is 0 Å². The molecule has 2 rings (SSSR count). The number of likely N-dealkylation sites (N-methyl/N-ethyl adjacent to an activating group) is 1. The first kappa shape index (κ1) is 17.2. The van der Waals surface area contributed by atoms with Crippen molar-refractivity contribution in [3.63, 3.8) is 0 Å². The first-order valence-corrected chi connectivity index (χ1v) is 9.68. The molecule has 0 radical (unpaired) electrons. The van der Waals surface area contributed by atoms with Gasteiger partial charge in [0.25, 0.3) is 5.91 Å².